The van der Waals surface area contributed by atoms with Crippen LogP contribution < -0.4 is 5.43 Å². The second-order valence-electron chi connectivity index (χ2n) is 5.35. The molecule has 0 unspecified atom stereocenters. The van der Waals surface area contributed by atoms with Crippen molar-refractivity contribution in [3.05, 3.63) is 69.4 Å². The van der Waals surface area contributed by atoms with Gasteiger partial charge in [0, 0.05) is 9.86 Å². The lowest BCUT2D eigenvalue weighted by atomic mass is 10.1. The van der Waals surface area contributed by atoms with Crippen LogP contribution in [0.5, 0.6) is 0 Å². The Morgan fingerprint density at radius 1 is 1.17 bits per heavy atom. The molecule has 1 amide bonds. The fourth-order valence-electron chi connectivity index (χ4n) is 2.31. The molecule has 116 valence electrons. The number of nitrogens with one attached hydrogen (secondary N) is 1. The highest BCUT2D eigenvalue weighted by Gasteiger charge is 2.11. The number of rotatable bonds is 3. The number of carbonyl (C=O) groups is 1. The number of carbonyl (C=O) groups excluding carboxylic acids is 1. The molecule has 1 heterocycles. The quantitative estimate of drug-likeness (QED) is 0.541. The van der Waals surface area contributed by atoms with Gasteiger partial charge in [-0.05, 0) is 49.2 Å². The Balaban J connectivity index is 1.74. The summed E-state index contributed by atoms with van der Waals surface area (Å²) in [7, 11) is 0. The smallest absolute Gasteiger partial charge is 0.307 e. The highest BCUT2D eigenvalue weighted by Crippen LogP contribution is 2.23. The van der Waals surface area contributed by atoms with Gasteiger partial charge in [0.2, 0.25) is 0 Å². The van der Waals surface area contributed by atoms with Crippen molar-refractivity contribution in [2.24, 2.45) is 5.10 Å². The number of fused-ring (bicyclic) bond motifs is 1. The molecule has 0 saturated heterocycles. The lowest BCUT2D eigenvalue weighted by Gasteiger charge is -2.01. The highest BCUT2D eigenvalue weighted by atomic mass is 79.9. The number of hydrogen-bond acceptors (Lipinski definition) is 3. The van der Waals surface area contributed by atoms with Crippen LogP contribution in [-0.2, 0) is 0 Å². The normalized spacial score (nSPS) is 11.3. The second kappa shape index (κ2) is 6.38. The third kappa shape index (κ3) is 3.51. The summed E-state index contributed by atoms with van der Waals surface area (Å²) in [5, 5.41) is 4.87. The molecule has 2 aromatic carbocycles. The number of amides is 1. The molecule has 4 nitrogen and oxygen atoms in total. The van der Waals surface area contributed by atoms with Gasteiger partial charge in [-0.25, -0.2) is 5.43 Å². The van der Waals surface area contributed by atoms with Gasteiger partial charge < -0.3 is 4.42 Å². The Kier molecular flexibility index (Phi) is 4.30. The Morgan fingerprint density at radius 2 is 2.00 bits per heavy atom. The fraction of sp³-hybridized carbons (Fsp3) is 0.111. The van der Waals surface area contributed by atoms with Crippen molar-refractivity contribution >= 4 is 39.0 Å². The first-order valence-electron chi connectivity index (χ1n) is 7.13. The van der Waals surface area contributed by atoms with Gasteiger partial charge in [-0.2, -0.15) is 5.10 Å². The topological polar surface area (TPSA) is 54.6 Å². The summed E-state index contributed by atoms with van der Waals surface area (Å²) in [4.78, 5) is 12.1. The van der Waals surface area contributed by atoms with Crippen molar-refractivity contribution < 1.29 is 9.21 Å². The van der Waals surface area contributed by atoms with Gasteiger partial charge >= 0.3 is 5.91 Å². The Hall–Kier alpha value is -2.40. The standard InChI is InChI=1S/C18H15BrN2O2/c1-11-3-4-13(12(2)7-11)10-20-21-18(22)17-9-14-8-15(19)5-6-16(14)23-17/h3-10H,1-2H3,(H,21,22). The van der Waals surface area contributed by atoms with Crippen LogP contribution in [0.15, 0.2) is 56.5 Å². The van der Waals surface area contributed by atoms with Crippen molar-refractivity contribution in [2.75, 3.05) is 0 Å². The molecule has 0 aliphatic carbocycles. The number of halogens is 1. The summed E-state index contributed by atoms with van der Waals surface area (Å²) >= 11 is 3.39. The molecule has 0 atom stereocenters. The number of benzene rings is 2. The molecule has 0 saturated carbocycles. The van der Waals surface area contributed by atoms with Gasteiger partial charge in [0.25, 0.3) is 0 Å². The Labute approximate surface area is 142 Å². The third-order valence-electron chi connectivity index (χ3n) is 3.50. The van der Waals surface area contributed by atoms with Gasteiger partial charge in [0.15, 0.2) is 5.76 Å². The third-order valence-corrected chi connectivity index (χ3v) is 3.99. The van der Waals surface area contributed by atoms with Crippen LogP contribution in [-0.4, -0.2) is 12.1 Å². The zero-order valence-corrected chi connectivity index (χ0v) is 14.3. The molecular formula is C18H15BrN2O2. The van der Waals surface area contributed by atoms with Crippen LogP contribution in [0, 0.1) is 13.8 Å². The number of furan rings is 1. The minimum atomic E-state index is -0.377. The van der Waals surface area contributed by atoms with E-state index in [1.807, 2.05) is 44.2 Å². The largest absolute Gasteiger partial charge is 0.451 e. The maximum atomic E-state index is 12.1. The van der Waals surface area contributed by atoms with E-state index in [1.165, 1.54) is 5.56 Å². The van der Waals surface area contributed by atoms with Crippen molar-refractivity contribution in [1.82, 2.24) is 5.43 Å². The number of nitrogens with zero attached hydrogens (tertiary/aromatic N) is 1. The van der Waals surface area contributed by atoms with Crippen molar-refractivity contribution in [3.63, 3.8) is 0 Å². The van der Waals surface area contributed by atoms with Crippen molar-refractivity contribution in [2.45, 2.75) is 13.8 Å². The van der Waals surface area contributed by atoms with Crippen molar-refractivity contribution in [1.29, 1.82) is 0 Å². The molecule has 0 bridgehead atoms. The molecule has 5 heteroatoms. The first-order valence-corrected chi connectivity index (χ1v) is 7.92. The number of aryl methyl sites for hydroxylation is 2. The van der Waals surface area contributed by atoms with E-state index in [0.717, 1.165) is 21.0 Å². The molecule has 3 aromatic rings. The highest BCUT2D eigenvalue weighted by molar-refractivity contribution is 9.10. The van der Waals surface area contributed by atoms with Gasteiger partial charge in [-0.3, -0.25) is 4.79 Å². The lowest BCUT2D eigenvalue weighted by Crippen LogP contribution is -2.16. The predicted octanol–water partition coefficient (Wildman–Crippen LogP) is 4.58. The second-order valence-corrected chi connectivity index (χ2v) is 6.27. The predicted molar refractivity (Wildman–Crippen MR) is 94.9 cm³/mol. The first-order chi connectivity index (χ1) is 11.0. The summed E-state index contributed by atoms with van der Waals surface area (Å²) in [5.41, 5.74) is 6.42. The van der Waals surface area contributed by atoms with E-state index >= 15 is 0 Å². The fourth-order valence-corrected chi connectivity index (χ4v) is 2.69. The van der Waals surface area contributed by atoms with Gasteiger partial charge in [-0.15, -0.1) is 0 Å². The monoisotopic (exact) mass is 370 g/mol. The summed E-state index contributed by atoms with van der Waals surface area (Å²) in [6, 6.07) is 13.3. The van der Waals surface area contributed by atoms with Crippen molar-refractivity contribution in [3.8, 4) is 0 Å². The van der Waals surface area contributed by atoms with E-state index in [9.17, 15) is 4.79 Å². The molecule has 0 radical (unpaired) electrons. The number of hydrogen-bond donors (Lipinski definition) is 1. The lowest BCUT2D eigenvalue weighted by molar-refractivity contribution is 0.0929. The molecule has 0 spiro atoms. The first kappa shape index (κ1) is 15.5. The van der Waals surface area contributed by atoms with E-state index in [2.05, 4.69) is 32.5 Å². The van der Waals surface area contributed by atoms with Crippen LogP contribution in [0.4, 0.5) is 0 Å². The molecular weight excluding hydrogens is 356 g/mol. The average molecular weight is 371 g/mol. The summed E-state index contributed by atoms with van der Waals surface area (Å²) in [6.45, 7) is 4.04. The molecule has 1 aromatic heterocycles. The average Bonchev–Trinajstić information content (AvgIpc) is 2.92. The van der Waals surface area contributed by atoms with Crippen LogP contribution >= 0.6 is 15.9 Å². The Bertz CT molecular complexity index is 913. The van der Waals surface area contributed by atoms with Crippen LogP contribution in [0.1, 0.15) is 27.2 Å². The zero-order chi connectivity index (χ0) is 16.4. The summed E-state index contributed by atoms with van der Waals surface area (Å²) in [6.07, 6.45) is 1.63. The molecule has 0 fully saturated rings. The summed E-state index contributed by atoms with van der Waals surface area (Å²) in [5.74, 6) is -0.144. The maximum Gasteiger partial charge on any atom is 0.307 e. The van der Waals surface area contributed by atoms with E-state index in [4.69, 9.17) is 4.42 Å². The van der Waals surface area contributed by atoms with Crippen LogP contribution in [0.2, 0.25) is 0 Å². The van der Waals surface area contributed by atoms with Gasteiger partial charge in [-0.1, -0.05) is 39.7 Å². The van der Waals surface area contributed by atoms with Crippen LogP contribution in [0.3, 0.4) is 0 Å². The minimum Gasteiger partial charge on any atom is -0.451 e. The Morgan fingerprint density at radius 3 is 2.78 bits per heavy atom. The molecule has 23 heavy (non-hydrogen) atoms. The van der Waals surface area contributed by atoms with Gasteiger partial charge in [0.1, 0.15) is 5.58 Å². The maximum absolute atomic E-state index is 12.1. The summed E-state index contributed by atoms with van der Waals surface area (Å²) < 4.78 is 6.46. The number of hydrazone groups is 1. The molecule has 0 aliphatic heterocycles. The molecule has 0 aliphatic rings. The van der Waals surface area contributed by atoms with E-state index in [1.54, 1.807) is 12.3 Å². The molecule has 1 N–H and O–H groups in total. The van der Waals surface area contributed by atoms with E-state index in [0.29, 0.717) is 5.58 Å². The van der Waals surface area contributed by atoms with E-state index in [-0.39, 0.29) is 11.7 Å². The van der Waals surface area contributed by atoms with Gasteiger partial charge in [0.05, 0.1) is 6.21 Å². The van der Waals surface area contributed by atoms with E-state index < -0.39 is 0 Å². The molecule has 3 rings (SSSR count). The minimum absolute atomic E-state index is 0.232. The zero-order valence-electron chi connectivity index (χ0n) is 12.8. The van der Waals surface area contributed by atoms with Crippen LogP contribution in [0.25, 0.3) is 11.0 Å². The SMILES string of the molecule is Cc1ccc(C=NNC(=O)c2cc3cc(Br)ccc3o2)c(C)c1.